The van der Waals surface area contributed by atoms with Gasteiger partial charge in [0, 0.05) is 11.3 Å². The van der Waals surface area contributed by atoms with Gasteiger partial charge < -0.3 is 9.47 Å². The molecule has 8 heteroatoms. The van der Waals surface area contributed by atoms with Crippen molar-refractivity contribution >= 4 is 27.8 Å². The summed E-state index contributed by atoms with van der Waals surface area (Å²) in [5, 5.41) is -0.818. The summed E-state index contributed by atoms with van der Waals surface area (Å²) in [6.45, 7) is 3.89. The highest BCUT2D eigenvalue weighted by Crippen LogP contribution is 2.54. The molecule has 2 fully saturated rings. The van der Waals surface area contributed by atoms with E-state index in [1.807, 2.05) is 44.2 Å². The molecule has 1 aromatic carbocycles. The van der Waals surface area contributed by atoms with Gasteiger partial charge in [0.2, 0.25) is 0 Å². The van der Waals surface area contributed by atoms with Crippen molar-refractivity contribution in [1.29, 1.82) is 0 Å². The zero-order valence-corrected chi connectivity index (χ0v) is 18.1. The molecule has 5 atom stereocenters. The van der Waals surface area contributed by atoms with E-state index in [0.29, 0.717) is 19.3 Å². The van der Waals surface area contributed by atoms with Crippen LogP contribution in [-0.2, 0) is 28.6 Å². The number of ether oxygens (including phenoxy) is 2. The fourth-order valence-corrected chi connectivity index (χ4v) is 7.72. The lowest BCUT2D eigenvalue weighted by Gasteiger charge is -2.40. The standard InChI is InChI=1S/C20H28O6S2/c1-4-9-14-13-20(27-15-10-7-6-8-11-15)18(28(22,23)26-14)12-17(25-20)16(5-2)19(21)24-3/h6-8,10-11,14,16-18H,4-5,9,12-13H2,1-3H3/t14-,16+,17+,18-,20+/m0/s1. The summed E-state index contributed by atoms with van der Waals surface area (Å²) in [4.78, 5) is 12.2. The van der Waals surface area contributed by atoms with Gasteiger partial charge in [0.25, 0.3) is 10.1 Å². The van der Waals surface area contributed by atoms with Crippen molar-refractivity contribution in [2.24, 2.45) is 5.92 Å². The quantitative estimate of drug-likeness (QED) is 0.483. The number of rotatable bonds is 7. The minimum absolute atomic E-state index is 0.231. The predicted octanol–water partition coefficient (Wildman–Crippen LogP) is 3.75. The molecule has 2 heterocycles. The van der Waals surface area contributed by atoms with Crippen LogP contribution in [0.15, 0.2) is 35.2 Å². The number of carbonyl (C=O) groups excluding carboxylic acids is 1. The molecule has 2 aliphatic heterocycles. The van der Waals surface area contributed by atoms with Gasteiger partial charge >= 0.3 is 5.97 Å². The van der Waals surface area contributed by atoms with Gasteiger partial charge in [-0.15, -0.1) is 0 Å². The summed E-state index contributed by atoms with van der Waals surface area (Å²) in [7, 11) is -2.47. The maximum absolute atomic E-state index is 13.0. The summed E-state index contributed by atoms with van der Waals surface area (Å²) in [6, 6.07) is 9.65. The smallest absolute Gasteiger partial charge is 0.311 e. The maximum Gasteiger partial charge on any atom is 0.311 e. The van der Waals surface area contributed by atoms with Crippen LogP contribution in [0.1, 0.15) is 46.0 Å². The summed E-state index contributed by atoms with van der Waals surface area (Å²) in [5.74, 6) is -0.863. The van der Waals surface area contributed by atoms with Crippen LogP contribution in [0.5, 0.6) is 0 Å². The van der Waals surface area contributed by atoms with Crippen molar-refractivity contribution in [2.45, 2.75) is 73.2 Å². The highest BCUT2D eigenvalue weighted by molar-refractivity contribution is 8.01. The number of esters is 1. The largest absolute Gasteiger partial charge is 0.469 e. The van der Waals surface area contributed by atoms with Crippen molar-refractivity contribution in [1.82, 2.24) is 0 Å². The Morgan fingerprint density at radius 2 is 2.04 bits per heavy atom. The third-order valence-corrected chi connectivity index (χ3v) is 8.82. The first-order valence-corrected chi connectivity index (χ1v) is 12.1. The van der Waals surface area contributed by atoms with E-state index in [1.54, 1.807) is 0 Å². The normalized spacial score (nSPS) is 32.5. The first-order valence-electron chi connectivity index (χ1n) is 9.77. The Labute approximate surface area is 171 Å². The predicted molar refractivity (Wildman–Crippen MR) is 107 cm³/mol. The average molecular weight is 429 g/mol. The number of benzene rings is 1. The van der Waals surface area contributed by atoms with E-state index >= 15 is 0 Å². The number of carbonyl (C=O) groups is 1. The summed E-state index contributed by atoms with van der Waals surface area (Å²) < 4.78 is 42.9. The van der Waals surface area contributed by atoms with Crippen LogP contribution in [0.3, 0.4) is 0 Å². The van der Waals surface area contributed by atoms with Gasteiger partial charge in [-0.25, -0.2) is 0 Å². The van der Waals surface area contributed by atoms with E-state index < -0.39 is 38.4 Å². The molecule has 0 N–H and O–H groups in total. The van der Waals surface area contributed by atoms with Crippen LogP contribution in [0.2, 0.25) is 0 Å². The van der Waals surface area contributed by atoms with Crippen molar-refractivity contribution in [3.8, 4) is 0 Å². The van der Waals surface area contributed by atoms with E-state index in [4.69, 9.17) is 13.7 Å². The van der Waals surface area contributed by atoms with Crippen LogP contribution < -0.4 is 0 Å². The zero-order chi connectivity index (χ0) is 20.4. The Balaban J connectivity index is 1.98. The van der Waals surface area contributed by atoms with Gasteiger partial charge in [0.05, 0.1) is 25.2 Å². The maximum atomic E-state index is 13.0. The number of thioether (sulfide) groups is 1. The van der Waals surface area contributed by atoms with Gasteiger partial charge in [0.1, 0.15) is 10.2 Å². The summed E-state index contributed by atoms with van der Waals surface area (Å²) >= 11 is 1.43. The molecule has 0 spiro atoms. The second-order valence-corrected chi connectivity index (χ2v) is 10.5. The Morgan fingerprint density at radius 3 is 2.64 bits per heavy atom. The van der Waals surface area contributed by atoms with Gasteiger partial charge in [-0.05, 0) is 31.4 Å². The lowest BCUT2D eigenvalue weighted by molar-refractivity contribution is -0.152. The van der Waals surface area contributed by atoms with Crippen LogP contribution in [0.25, 0.3) is 0 Å². The summed E-state index contributed by atoms with van der Waals surface area (Å²) in [5.41, 5.74) is 0. The van der Waals surface area contributed by atoms with Crippen molar-refractivity contribution < 1.29 is 26.9 Å². The van der Waals surface area contributed by atoms with E-state index in [-0.39, 0.29) is 12.4 Å². The fourth-order valence-electron chi connectivity index (χ4n) is 4.17. The van der Waals surface area contributed by atoms with Gasteiger partial charge in [-0.2, -0.15) is 8.42 Å². The van der Waals surface area contributed by atoms with Gasteiger partial charge in [-0.1, -0.05) is 50.2 Å². The third-order valence-electron chi connectivity index (χ3n) is 5.46. The molecule has 2 aliphatic rings. The van der Waals surface area contributed by atoms with Crippen LogP contribution in [0, 0.1) is 5.92 Å². The molecule has 1 aromatic rings. The monoisotopic (exact) mass is 428 g/mol. The van der Waals surface area contributed by atoms with Crippen LogP contribution >= 0.6 is 11.8 Å². The molecule has 28 heavy (non-hydrogen) atoms. The Kier molecular flexibility index (Phi) is 6.74. The molecule has 0 aromatic heterocycles. The zero-order valence-electron chi connectivity index (χ0n) is 16.5. The van der Waals surface area contributed by atoms with E-state index in [2.05, 4.69) is 0 Å². The van der Waals surface area contributed by atoms with Crippen molar-refractivity contribution in [3.05, 3.63) is 30.3 Å². The number of hydrogen-bond donors (Lipinski definition) is 0. The SMILES string of the molecule is CCC[C@H]1C[C@]2(Sc3ccccc3)O[C@@H]([C@@H](CC)C(=O)OC)C[C@@H]2S(=O)(=O)O1. The van der Waals surface area contributed by atoms with E-state index in [1.165, 1.54) is 18.9 Å². The van der Waals surface area contributed by atoms with Crippen LogP contribution in [0.4, 0.5) is 0 Å². The number of fused-ring (bicyclic) bond motifs is 1. The molecular formula is C20H28O6S2. The first-order chi connectivity index (χ1) is 13.3. The highest BCUT2D eigenvalue weighted by atomic mass is 32.2. The van der Waals surface area contributed by atoms with Gasteiger partial charge in [-0.3, -0.25) is 8.98 Å². The molecule has 0 aliphatic carbocycles. The molecule has 6 nitrogen and oxygen atoms in total. The Bertz CT molecular complexity index is 781. The van der Waals surface area contributed by atoms with Gasteiger partial charge in [0.15, 0.2) is 0 Å². The Morgan fingerprint density at radius 1 is 1.32 bits per heavy atom. The Hall–Kier alpha value is -1.09. The minimum Gasteiger partial charge on any atom is -0.469 e. The topological polar surface area (TPSA) is 78.9 Å². The lowest BCUT2D eigenvalue weighted by Crippen LogP contribution is -2.50. The third kappa shape index (κ3) is 4.25. The second kappa shape index (κ2) is 8.73. The molecular weight excluding hydrogens is 400 g/mol. The molecule has 0 unspecified atom stereocenters. The molecule has 0 saturated carbocycles. The minimum atomic E-state index is -3.82. The molecule has 3 rings (SSSR count). The molecule has 2 saturated heterocycles. The van der Waals surface area contributed by atoms with E-state index in [9.17, 15) is 13.2 Å². The lowest BCUT2D eigenvalue weighted by atomic mass is 9.96. The van der Waals surface area contributed by atoms with Crippen molar-refractivity contribution in [3.63, 3.8) is 0 Å². The average Bonchev–Trinajstić information content (AvgIpc) is 3.02. The molecule has 0 amide bonds. The second-order valence-electron chi connectivity index (χ2n) is 7.35. The number of hydrogen-bond acceptors (Lipinski definition) is 7. The molecule has 0 radical (unpaired) electrons. The van der Waals surface area contributed by atoms with E-state index in [0.717, 1.165) is 11.3 Å². The van der Waals surface area contributed by atoms with Crippen LogP contribution in [-0.4, -0.2) is 43.9 Å². The molecule has 0 bridgehead atoms. The number of methoxy groups -OCH3 is 1. The molecule has 156 valence electrons. The first kappa shape index (κ1) is 21.6. The summed E-state index contributed by atoms with van der Waals surface area (Å²) in [6.07, 6.45) is 1.75. The highest BCUT2D eigenvalue weighted by Gasteiger charge is 2.61. The van der Waals surface area contributed by atoms with Crippen molar-refractivity contribution in [2.75, 3.05) is 7.11 Å². The fraction of sp³-hybridized carbons (Fsp3) is 0.650.